The molecule has 1 aliphatic rings. The Morgan fingerprint density at radius 1 is 1.43 bits per heavy atom. The molecule has 118 valence electrons. The highest BCUT2D eigenvalue weighted by Gasteiger charge is 2.22. The fourth-order valence-corrected chi connectivity index (χ4v) is 2.73. The normalized spacial score (nSPS) is 17.5. The first-order chi connectivity index (χ1) is 9.95. The van der Waals surface area contributed by atoms with Crippen LogP contribution in [0.1, 0.15) is 38.8 Å². The molecule has 2 rings (SSSR count). The number of thioether (sulfide) groups is 1. The summed E-state index contributed by atoms with van der Waals surface area (Å²) in [7, 11) is 0. The van der Waals surface area contributed by atoms with Crippen LogP contribution >= 0.6 is 11.8 Å². The molecule has 1 aromatic rings. The van der Waals surface area contributed by atoms with Gasteiger partial charge in [0, 0.05) is 35.4 Å². The van der Waals surface area contributed by atoms with Gasteiger partial charge >= 0.3 is 0 Å². The van der Waals surface area contributed by atoms with Crippen LogP contribution in [-0.2, 0) is 13.0 Å². The quantitative estimate of drug-likeness (QED) is 0.833. The first kappa shape index (κ1) is 16.5. The smallest absolute Gasteiger partial charge is 0.124 e. The lowest BCUT2D eigenvalue weighted by molar-refractivity contribution is 0.254. The zero-order valence-electron chi connectivity index (χ0n) is 13.8. The maximum atomic E-state index is 5.86. The number of fused-ring (bicyclic) bond motifs is 1. The minimum atomic E-state index is 0.244. The molecule has 1 aliphatic heterocycles. The number of ether oxygens (including phenoxy) is 2. The molecule has 0 amide bonds. The molecule has 1 unspecified atom stereocenters. The summed E-state index contributed by atoms with van der Waals surface area (Å²) in [6.45, 7) is 11.1. The van der Waals surface area contributed by atoms with E-state index in [1.807, 2.05) is 18.7 Å². The van der Waals surface area contributed by atoms with Crippen molar-refractivity contribution in [3.63, 3.8) is 0 Å². The van der Waals surface area contributed by atoms with Gasteiger partial charge in [0.05, 0.1) is 6.61 Å². The van der Waals surface area contributed by atoms with E-state index in [2.05, 4.69) is 44.5 Å². The van der Waals surface area contributed by atoms with Crippen molar-refractivity contribution in [3.8, 4) is 11.5 Å². The van der Waals surface area contributed by atoms with Crippen molar-refractivity contribution in [2.75, 3.05) is 19.4 Å². The van der Waals surface area contributed by atoms with E-state index in [1.54, 1.807) is 0 Å². The van der Waals surface area contributed by atoms with Gasteiger partial charge in [-0.2, -0.15) is 11.8 Å². The Bertz CT molecular complexity index is 488. The van der Waals surface area contributed by atoms with Gasteiger partial charge in [-0.25, -0.2) is 0 Å². The Kier molecular flexibility index (Phi) is 5.44. The van der Waals surface area contributed by atoms with Crippen LogP contribution in [0.15, 0.2) is 12.1 Å². The molecule has 1 aromatic carbocycles. The van der Waals surface area contributed by atoms with E-state index >= 15 is 0 Å². The number of nitrogens with one attached hydrogen (secondary N) is 1. The topological polar surface area (TPSA) is 30.5 Å². The van der Waals surface area contributed by atoms with Crippen molar-refractivity contribution in [2.24, 2.45) is 0 Å². The minimum absolute atomic E-state index is 0.244. The number of hydrogen-bond donors (Lipinski definition) is 1. The van der Waals surface area contributed by atoms with Crippen molar-refractivity contribution in [3.05, 3.63) is 23.3 Å². The van der Waals surface area contributed by atoms with E-state index in [0.29, 0.717) is 6.61 Å². The summed E-state index contributed by atoms with van der Waals surface area (Å²) >= 11 is 1.88. The van der Waals surface area contributed by atoms with E-state index in [-0.39, 0.29) is 10.9 Å². The number of hydrogen-bond acceptors (Lipinski definition) is 4. The van der Waals surface area contributed by atoms with Crippen molar-refractivity contribution in [1.29, 1.82) is 0 Å². The number of benzene rings is 1. The molecule has 3 nitrogen and oxygen atoms in total. The fraction of sp³-hybridized carbons (Fsp3) is 0.647. The lowest BCUT2D eigenvalue weighted by atomic mass is 10.1. The molecular formula is C17H27NO2S. The third kappa shape index (κ3) is 4.30. The summed E-state index contributed by atoms with van der Waals surface area (Å²) in [4.78, 5) is 0. The highest BCUT2D eigenvalue weighted by atomic mass is 32.2. The molecule has 0 saturated heterocycles. The first-order valence-corrected chi connectivity index (χ1v) is 8.88. The molecule has 4 heteroatoms. The van der Waals surface area contributed by atoms with Crippen LogP contribution < -0.4 is 14.8 Å². The zero-order chi connectivity index (χ0) is 15.5. The average molecular weight is 309 g/mol. The monoisotopic (exact) mass is 309 g/mol. The average Bonchev–Trinajstić information content (AvgIpc) is 2.78. The summed E-state index contributed by atoms with van der Waals surface area (Å²) < 4.78 is 11.9. The molecule has 1 atom stereocenters. The SMILES string of the molecule is CCOc1cc2c(cc1CNCC(C)(C)SC)OC(C)C2. The highest BCUT2D eigenvalue weighted by molar-refractivity contribution is 7.99. The summed E-state index contributed by atoms with van der Waals surface area (Å²) in [5.41, 5.74) is 2.45. The Labute approximate surface area is 132 Å². The summed E-state index contributed by atoms with van der Waals surface area (Å²) in [6, 6.07) is 4.29. The van der Waals surface area contributed by atoms with Gasteiger partial charge in [0.2, 0.25) is 0 Å². The molecule has 0 fully saturated rings. The lowest BCUT2D eigenvalue weighted by Crippen LogP contribution is -2.31. The van der Waals surface area contributed by atoms with Crippen molar-refractivity contribution < 1.29 is 9.47 Å². The maximum Gasteiger partial charge on any atom is 0.124 e. The standard InChI is InChI=1S/C17H27NO2S/c1-6-19-15-8-13-7-12(2)20-16(13)9-14(15)10-18-11-17(3,4)21-5/h8-9,12,18H,6-7,10-11H2,1-5H3. The Morgan fingerprint density at radius 2 is 2.19 bits per heavy atom. The van der Waals surface area contributed by atoms with Crippen LogP contribution in [0.25, 0.3) is 0 Å². The zero-order valence-corrected chi connectivity index (χ0v) is 14.6. The maximum absolute atomic E-state index is 5.86. The molecular weight excluding hydrogens is 282 g/mol. The van der Waals surface area contributed by atoms with Crippen LogP contribution in [0, 0.1) is 0 Å². The van der Waals surface area contributed by atoms with Crippen LogP contribution in [0.5, 0.6) is 11.5 Å². The predicted octanol–water partition coefficient (Wildman–Crippen LogP) is 3.64. The third-order valence-electron chi connectivity index (χ3n) is 3.80. The van der Waals surface area contributed by atoms with Gasteiger partial charge in [-0.15, -0.1) is 0 Å². The molecule has 0 saturated carbocycles. The molecule has 0 spiro atoms. The van der Waals surface area contributed by atoms with Crippen LogP contribution in [0.4, 0.5) is 0 Å². The van der Waals surface area contributed by atoms with Crippen LogP contribution in [-0.4, -0.2) is 30.3 Å². The predicted molar refractivity (Wildman–Crippen MR) is 90.7 cm³/mol. The second-order valence-electron chi connectivity index (χ2n) is 6.20. The van der Waals surface area contributed by atoms with Gasteiger partial charge in [0.25, 0.3) is 0 Å². The van der Waals surface area contributed by atoms with Crippen molar-refractivity contribution in [1.82, 2.24) is 5.32 Å². The first-order valence-electron chi connectivity index (χ1n) is 7.66. The second-order valence-corrected chi connectivity index (χ2v) is 7.71. The molecule has 1 N–H and O–H groups in total. The van der Waals surface area contributed by atoms with Gasteiger partial charge in [-0.05, 0) is 46.1 Å². The molecule has 1 heterocycles. The Morgan fingerprint density at radius 3 is 2.86 bits per heavy atom. The number of rotatable bonds is 7. The second kappa shape index (κ2) is 6.93. The fourth-order valence-electron chi connectivity index (χ4n) is 2.48. The third-order valence-corrected chi connectivity index (χ3v) is 5.05. The molecule has 0 bridgehead atoms. The van der Waals surface area contributed by atoms with E-state index in [1.165, 1.54) is 11.1 Å². The van der Waals surface area contributed by atoms with Gasteiger partial charge < -0.3 is 14.8 Å². The molecule has 21 heavy (non-hydrogen) atoms. The Balaban J connectivity index is 2.09. The van der Waals surface area contributed by atoms with Gasteiger partial charge in [0.15, 0.2) is 0 Å². The molecule has 0 radical (unpaired) electrons. The Hall–Kier alpha value is -0.870. The van der Waals surface area contributed by atoms with E-state index in [9.17, 15) is 0 Å². The van der Waals surface area contributed by atoms with E-state index in [0.717, 1.165) is 31.0 Å². The highest BCUT2D eigenvalue weighted by Crippen LogP contribution is 2.35. The van der Waals surface area contributed by atoms with Gasteiger partial charge in [-0.1, -0.05) is 0 Å². The van der Waals surface area contributed by atoms with Gasteiger partial charge in [0.1, 0.15) is 17.6 Å². The summed E-state index contributed by atoms with van der Waals surface area (Å²) in [5, 5.41) is 3.54. The van der Waals surface area contributed by atoms with Crippen molar-refractivity contribution in [2.45, 2.75) is 51.5 Å². The summed E-state index contributed by atoms with van der Waals surface area (Å²) in [6.07, 6.45) is 3.40. The van der Waals surface area contributed by atoms with Crippen molar-refractivity contribution >= 4 is 11.8 Å². The molecule has 0 aromatic heterocycles. The van der Waals surface area contributed by atoms with E-state index < -0.39 is 0 Å². The van der Waals surface area contributed by atoms with E-state index in [4.69, 9.17) is 9.47 Å². The lowest BCUT2D eigenvalue weighted by Gasteiger charge is -2.23. The van der Waals surface area contributed by atoms with Crippen LogP contribution in [0.3, 0.4) is 0 Å². The van der Waals surface area contributed by atoms with Crippen LogP contribution in [0.2, 0.25) is 0 Å². The molecule has 0 aliphatic carbocycles. The summed E-state index contributed by atoms with van der Waals surface area (Å²) in [5.74, 6) is 2.01. The van der Waals surface area contributed by atoms with Gasteiger partial charge in [-0.3, -0.25) is 0 Å². The minimum Gasteiger partial charge on any atom is -0.494 e. The largest absolute Gasteiger partial charge is 0.494 e.